The first-order valence-electron chi connectivity index (χ1n) is 11.7. The number of amides is 2. The van der Waals surface area contributed by atoms with E-state index in [1.54, 1.807) is 19.1 Å². The van der Waals surface area contributed by atoms with E-state index in [1.165, 1.54) is 35.4 Å². The van der Waals surface area contributed by atoms with Crippen molar-refractivity contribution < 1.29 is 19.1 Å². The molecule has 3 aromatic heterocycles. The SMILES string of the molecule is COc1cnc(-n2cnc(C)n2)c2[nH]cc(C(=O)C(=O)N3CC=C(CNC(=O)c4ccccc4)CC3)c12. The molecule has 11 nitrogen and oxygen atoms in total. The molecule has 4 aromatic rings. The summed E-state index contributed by atoms with van der Waals surface area (Å²) in [7, 11) is 1.48. The molecule has 0 spiro atoms. The number of benzene rings is 1. The molecule has 0 fully saturated rings. The monoisotopic (exact) mass is 499 g/mol. The van der Waals surface area contributed by atoms with Crippen molar-refractivity contribution in [2.45, 2.75) is 13.3 Å². The Morgan fingerprint density at radius 3 is 2.65 bits per heavy atom. The van der Waals surface area contributed by atoms with Crippen LogP contribution >= 0.6 is 0 Å². The largest absolute Gasteiger partial charge is 0.494 e. The van der Waals surface area contributed by atoms with Crippen molar-refractivity contribution in [3.05, 3.63) is 77.7 Å². The lowest BCUT2D eigenvalue weighted by molar-refractivity contribution is -0.126. The van der Waals surface area contributed by atoms with Gasteiger partial charge in [-0.05, 0) is 25.5 Å². The van der Waals surface area contributed by atoms with Crippen molar-refractivity contribution in [2.24, 2.45) is 0 Å². The van der Waals surface area contributed by atoms with Gasteiger partial charge in [-0.2, -0.15) is 5.10 Å². The molecule has 0 aliphatic carbocycles. The predicted octanol–water partition coefficient (Wildman–Crippen LogP) is 2.23. The van der Waals surface area contributed by atoms with E-state index < -0.39 is 11.7 Å². The van der Waals surface area contributed by atoms with Crippen molar-refractivity contribution in [1.29, 1.82) is 0 Å². The van der Waals surface area contributed by atoms with Gasteiger partial charge in [-0.15, -0.1) is 0 Å². The lowest BCUT2D eigenvalue weighted by Crippen LogP contribution is -2.40. The standard InChI is InChI=1S/C26H25N7O4/c1-16-30-15-33(31-16)24-22-21(20(37-2)14-28-24)19(13-27-22)23(34)26(36)32-10-8-17(9-11-32)12-29-25(35)18-6-4-3-5-7-18/h3-8,13-15,27H,9-12H2,1-2H3,(H,29,35). The van der Waals surface area contributed by atoms with Gasteiger partial charge in [-0.25, -0.2) is 14.6 Å². The maximum absolute atomic E-state index is 13.3. The van der Waals surface area contributed by atoms with Crippen LogP contribution in [-0.4, -0.2) is 74.0 Å². The van der Waals surface area contributed by atoms with Gasteiger partial charge in [0.15, 0.2) is 5.82 Å². The van der Waals surface area contributed by atoms with Crippen molar-refractivity contribution >= 4 is 28.5 Å². The van der Waals surface area contributed by atoms with Crippen molar-refractivity contribution in [1.82, 2.24) is 34.9 Å². The van der Waals surface area contributed by atoms with Gasteiger partial charge in [0.2, 0.25) is 0 Å². The van der Waals surface area contributed by atoms with Crippen LogP contribution in [0.25, 0.3) is 16.7 Å². The molecule has 4 heterocycles. The molecule has 1 aliphatic rings. The van der Waals surface area contributed by atoms with Gasteiger partial charge in [0.05, 0.1) is 29.8 Å². The summed E-state index contributed by atoms with van der Waals surface area (Å²) in [5.74, 6) is -0.0412. The number of methoxy groups -OCH3 is 1. The van der Waals surface area contributed by atoms with Crippen LogP contribution in [0.3, 0.4) is 0 Å². The number of aryl methyl sites for hydroxylation is 1. The fourth-order valence-electron chi connectivity index (χ4n) is 4.26. The molecule has 188 valence electrons. The second kappa shape index (κ2) is 10.1. The van der Waals surface area contributed by atoms with Crippen molar-refractivity contribution in [2.75, 3.05) is 26.7 Å². The van der Waals surface area contributed by atoms with Gasteiger partial charge >= 0.3 is 0 Å². The molecule has 5 rings (SSSR count). The van der Waals surface area contributed by atoms with E-state index in [9.17, 15) is 14.4 Å². The molecule has 0 saturated carbocycles. The van der Waals surface area contributed by atoms with E-state index in [4.69, 9.17) is 4.74 Å². The van der Waals surface area contributed by atoms with Crippen LogP contribution in [0, 0.1) is 6.92 Å². The van der Waals surface area contributed by atoms with Crippen LogP contribution < -0.4 is 10.1 Å². The second-order valence-electron chi connectivity index (χ2n) is 8.58. The summed E-state index contributed by atoms with van der Waals surface area (Å²) in [5, 5.41) is 7.64. The molecule has 0 atom stereocenters. The number of ketones is 1. The normalized spacial score (nSPS) is 13.4. The van der Waals surface area contributed by atoms with Crippen LogP contribution in [0.1, 0.15) is 33.0 Å². The Balaban J connectivity index is 1.31. The smallest absolute Gasteiger partial charge is 0.295 e. The number of rotatable bonds is 7. The van der Waals surface area contributed by atoms with Gasteiger partial charge in [-0.3, -0.25) is 14.4 Å². The first-order valence-corrected chi connectivity index (χ1v) is 11.7. The summed E-state index contributed by atoms with van der Waals surface area (Å²) >= 11 is 0. The van der Waals surface area contributed by atoms with Crippen LogP contribution in [0.2, 0.25) is 0 Å². The number of aromatic nitrogens is 5. The zero-order chi connectivity index (χ0) is 25.9. The average Bonchev–Trinajstić information content (AvgIpc) is 3.58. The predicted molar refractivity (Wildman–Crippen MR) is 135 cm³/mol. The summed E-state index contributed by atoms with van der Waals surface area (Å²) in [4.78, 5) is 51.8. The topological polar surface area (TPSA) is 135 Å². The van der Waals surface area contributed by atoms with Crippen LogP contribution in [0.15, 0.2) is 60.7 Å². The Morgan fingerprint density at radius 2 is 1.97 bits per heavy atom. The van der Waals surface area contributed by atoms with Crippen LogP contribution in [-0.2, 0) is 4.79 Å². The summed E-state index contributed by atoms with van der Waals surface area (Å²) in [5.41, 5.74) is 2.30. The molecule has 0 radical (unpaired) electrons. The van der Waals surface area contributed by atoms with Gasteiger partial charge in [0.25, 0.3) is 17.6 Å². The highest BCUT2D eigenvalue weighted by Crippen LogP contribution is 2.32. The highest BCUT2D eigenvalue weighted by molar-refractivity contribution is 6.45. The number of fused-ring (bicyclic) bond motifs is 1. The lowest BCUT2D eigenvalue weighted by Gasteiger charge is -2.26. The second-order valence-corrected chi connectivity index (χ2v) is 8.58. The number of carbonyl (C=O) groups is 3. The zero-order valence-corrected chi connectivity index (χ0v) is 20.4. The molecule has 37 heavy (non-hydrogen) atoms. The maximum atomic E-state index is 13.3. The highest BCUT2D eigenvalue weighted by atomic mass is 16.5. The van der Waals surface area contributed by atoms with Crippen LogP contribution in [0.4, 0.5) is 0 Å². The minimum atomic E-state index is -0.647. The summed E-state index contributed by atoms with van der Waals surface area (Å²) in [6.07, 6.45) is 6.95. The molecule has 0 saturated heterocycles. The average molecular weight is 500 g/mol. The maximum Gasteiger partial charge on any atom is 0.295 e. The van der Waals surface area contributed by atoms with Gasteiger partial charge in [-0.1, -0.05) is 29.8 Å². The first-order chi connectivity index (χ1) is 18.0. The van der Waals surface area contributed by atoms with E-state index in [0.717, 1.165) is 5.57 Å². The lowest BCUT2D eigenvalue weighted by atomic mass is 10.0. The number of nitrogens with one attached hydrogen (secondary N) is 2. The third-order valence-corrected chi connectivity index (χ3v) is 6.24. The molecule has 0 unspecified atom stereocenters. The third-order valence-electron chi connectivity index (χ3n) is 6.24. The fraction of sp³-hybridized carbons (Fsp3) is 0.231. The van der Waals surface area contributed by atoms with E-state index in [0.29, 0.717) is 53.4 Å². The molecule has 0 bridgehead atoms. The van der Waals surface area contributed by atoms with Gasteiger partial charge < -0.3 is 19.9 Å². The summed E-state index contributed by atoms with van der Waals surface area (Å²) in [6.45, 7) is 2.81. The Kier molecular flexibility index (Phi) is 6.50. The molecule has 2 amide bonds. The molecular formula is C26H25N7O4. The third kappa shape index (κ3) is 4.70. The van der Waals surface area contributed by atoms with Crippen molar-refractivity contribution in [3.8, 4) is 11.6 Å². The van der Waals surface area contributed by atoms with E-state index in [1.807, 2.05) is 24.3 Å². The zero-order valence-electron chi connectivity index (χ0n) is 20.4. The van der Waals surface area contributed by atoms with Gasteiger partial charge in [0, 0.05) is 31.4 Å². The number of pyridine rings is 1. The summed E-state index contributed by atoms with van der Waals surface area (Å²) in [6, 6.07) is 8.98. The minimum absolute atomic E-state index is 0.154. The Hall–Kier alpha value is -4.80. The van der Waals surface area contributed by atoms with Gasteiger partial charge in [0.1, 0.15) is 17.9 Å². The Bertz CT molecular complexity index is 1520. The number of carbonyl (C=O) groups excluding carboxylic acids is 3. The quantitative estimate of drug-likeness (QED) is 0.226. The number of H-pyrrole nitrogens is 1. The molecule has 1 aliphatic heterocycles. The minimum Gasteiger partial charge on any atom is -0.494 e. The number of Topliss-reactive ketones (excluding diaryl/α,β-unsaturated/α-hetero) is 1. The number of aromatic amines is 1. The molecule has 2 N–H and O–H groups in total. The van der Waals surface area contributed by atoms with E-state index in [-0.39, 0.29) is 18.0 Å². The molecular weight excluding hydrogens is 474 g/mol. The Labute approximate surface area is 212 Å². The summed E-state index contributed by atoms with van der Waals surface area (Å²) < 4.78 is 6.94. The Morgan fingerprint density at radius 1 is 1.16 bits per heavy atom. The van der Waals surface area contributed by atoms with E-state index in [2.05, 4.69) is 25.4 Å². The molecule has 11 heteroatoms. The number of hydrogen-bond donors (Lipinski definition) is 2. The number of nitrogens with zero attached hydrogens (tertiary/aromatic N) is 5. The fourth-order valence-corrected chi connectivity index (χ4v) is 4.26. The van der Waals surface area contributed by atoms with E-state index >= 15 is 0 Å². The highest BCUT2D eigenvalue weighted by Gasteiger charge is 2.29. The number of hydrogen-bond acceptors (Lipinski definition) is 7. The first kappa shape index (κ1) is 23.9. The number of ether oxygens (including phenoxy) is 1. The van der Waals surface area contributed by atoms with Crippen LogP contribution in [0.5, 0.6) is 5.75 Å². The van der Waals surface area contributed by atoms with Crippen molar-refractivity contribution in [3.63, 3.8) is 0 Å². The molecule has 1 aromatic carbocycles.